The fourth-order valence-electron chi connectivity index (χ4n) is 0. The Morgan fingerprint density at radius 1 is 2.00 bits per heavy atom. The highest BCUT2D eigenvalue weighted by molar-refractivity contribution is 4.87. The highest BCUT2D eigenvalue weighted by Gasteiger charge is 1.78. The number of nitrogens with two attached hydrogens (primary N) is 1. The van der Waals surface area contributed by atoms with Crippen molar-refractivity contribution in [2.45, 2.75) is 6.04 Å². The lowest BCUT2D eigenvalue weighted by Gasteiger charge is -1.77. The van der Waals surface area contributed by atoms with Gasteiger partial charge in [0.15, 0.2) is 0 Å². The summed E-state index contributed by atoms with van der Waals surface area (Å²) in [6, 6.07) is 1.13. The van der Waals surface area contributed by atoms with E-state index < -0.39 is 6.04 Å². The summed E-state index contributed by atoms with van der Waals surface area (Å²) >= 11 is 0. The van der Waals surface area contributed by atoms with Crippen molar-refractivity contribution in [1.29, 1.82) is 5.26 Å². The molecule has 2 nitrogen and oxygen atoms in total. The van der Waals surface area contributed by atoms with Crippen LogP contribution in [-0.4, -0.2) is 6.04 Å². The molecule has 0 saturated heterocycles. The minimum absolute atomic E-state index is 0.560. The Bertz CT molecular complexity index is 50.4. The molecule has 2 heteroatoms. The molecule has 0 spiro atoms. The second-order valence-electron chi connectivity index (χ2n) is 0.736. The summed E-state index contributed by atoms with van der Waals surface area (Å²) in [5, 5.41) is 7.71. The molecule has 0 saturated carbocycles. The average Bonchev–Trinajstić information content (AvgIpc) is 1.38. The van der Waals surface area contributed by atoms with Crippen molar-refractivity contribution >= 4 is 0 Å². The van der Waals surface area contributed by atoms with Gasteiger partial charge in [0.2, 0.25) is 0 Å². The van der Waals surface area contributed by atoms with Gasteiger partial charge in [-0.3, -0.25) is 0 Å². The van der Waals surface area contributed by atoms with E-state index in [1.807, 2.05) is 0 Å². The first-order valence-corrected chi connectivity index (χ1v) is 1.25. The van der Waals surface area contributed by atoms with E-state index in [9.17, 15) is 0 Å². The monoisotopic (exact) mass is 69.0 g/mol. The van der Waals surface area contributed by atoms with Gasteiger partial charge in [0, 0.05) is 0 Å². The average molecular weight is 69.1 g/mol. The largest absolute Gasteiger partial charge is 0.316 e. The van der Waals surface area contributed by atoms with Crippen molar-refractivity contribution in [1.82, 2.24) is 0 Å². The molecule has 0 aromatic carbocycles. The Labute approximate surface area is 31.2 Å². The van der Waals surface area contributed by atoms with Gasteiger partial charge in [-0.05, 0) is 6.92 Å². The maximum absolute atomic E-state index is 7.71. The SMILES string of the molecule is [CH2]C(N)C#N. The van der Waals surface area contributed by atoms with Gasteiger partial charge in [0.25, 0.3) is 0 Å². The molecule has 0 aliphatic rings. The van der Waals surface area contributed by atoms with Crippen LogP contribution < -0.4 is 5.73 Å². The lowest BCUT2D eigenvalue weighted by Crippen LogP contribution is -2.10. The van der Waals surface area contributed by atoms with E-state index in [4.69, 9.17) is 11.0 Å². The van der Waals surface area contributed by atoms with E-state index >= 15 is 0 Å². The molecule has 0 bridgehead atoms. The molecule has 1 radical (unpaired) electrons. The second kappa shape index (κ2) is 1.74. The van der Waals surface area contributed by atoms with Crippen molar-refractivity contribution in [3.63, 3.8) is 0 Å². The highest BCUT2D eigenvalue weighted by Crippen LogP contribution is 1.58. The molecule has 27 valence electrons. The lowest BCUT2D eigenvalue weighted by molar-refractivity contribution is 1.04. The number of nitrogens with zero attached hydrogens (tertiary/aromatic N) is 1. The molecular weight excluding hydrogens is 64.0 g/mol. The van der Waals surface area contributed by atoms with E-state index in [-0.39, 0.29) is 0 Å². The lowest BCUT2D eigenvalue weighted by atomic mass is 10.4. The summed E-state index contributed by atoms with van der Waals surface area (Å²) in [6.45, 7) is 3.17. The van der Waals surface area contributed by atoms with Gasteiger partial charge in [0.05, 0.1) is 12.1 Å². The Balaban J connectivity index is 2.94. The first-order valence-electron chi connectivity index (χ1n) is 1.25. The third-order valence-corrected chi connectivity index (χ3v) is 0.166. The van der Waals surface area contributed by atoms with Crippen LogP contribution in [-0.2, 0) is 0 Å². The standard InChI is InChI=1S/C3H5N2/c1-3(5)2-4/h3H,1,5H2. The predicted octanol–water partition coefficient (Wildman–Crippen LogP) is -0.329. The maximum Gasteiger partial charge on any atom is 0.0929 e. The molecule has 5 heavy (non-hydrogen) atoms. The van der Waals surface area contributed by atoms with E-state index in [1.54, 1.807) is 6.07 Å². The van der Waals surface area contributed by atoms with Crippen LogP contribution >= 0.6 is 0 Å². The summed E-state index contributed by atoms with van der Waals surface area (Å²) in [5.41, 5.74) is 4.82. The van der Waals surface area contributed by atoms with Gasteiger partial charge in [-0.25, -0.2) is 0 Å². The van der Waals surface area contributed by atoms with Crippen LogP contribution in [0, 0.1) is 18.3 Å². The molecule has 0 fully saturated rings. The van der Waals surface area contributed by atoms with Crippen molar-refractivity contribution in [2.75, 3.05) is 0 Å². The van der Waals surface area contributed by atoms with Crippen LogP contribution in [0.25, 0.3) is 0 Å². The van der Waals surface area contributed by atoms with Crippen molar-refractivity contribution in [3.8, 4) is 6.07 Å². The minimum Gasteiger partial charge on any atom is -0.316 e. The Hall–Kier alpha value is -0.550. The van der Waals surface area contributed by atoms with Crippen LogP contribution in [0.3, 0.4) is 0 Å². The first-order chi connectivity index (χ1) is 2.27. The number of rotatable bonds is 0. The number of hydrogen-bond donors (Lipinski definition) is 1. The molecule has 0 rings (SSSR count). The van der Waals surface area contributed by atoms with Gasteiger partial charge in [0.1, 0.15) is 0 Å². The van der Waals surface area contributed by atoms with Crippen molar-refractivity contribution < 1.29 is 0 Å². The molecule has 1 atom stereocenters. The van der Waals surface area contributed by atoms with Crippen LogP contribution in [0.15, 0.2) is 0 Å². The van der Waals surface area contributed by atoms with Crippen molar-refractivity contribution in [2.24, 2.45) is 5.73 Å². The number of hydrogen-bond acceptors (Lipinski definition) is 2. The van der Waals surface area contributed by atoms with E-state index in [2.05, 4.69) is 6.92 Å². The smallest absolute Gasteiger partial charge is 0.0929 e. The topological polar surface area (TPSA) is 49.8 Å². The molecule has 0 aromatic heterocycles. The van der Waals surface area contributed by atoms with Crippen LogP contribution in [0.2, 0.25) is 0 Å². The fraction of sp³-hybridized carbons (Fsp3) is 0.333. The highest BCUT2D eigenvalue weighted by atomic mass is 14.6. The first kappa shape index (κ1) is 4.45. The Morgan fingerprint density at radius 3 is 2.20 bits per heavy atom. The van der Waals surface area contributed by atoms with E-state index in [0.717, 1.165) is 0 Å². The Kier molecular flexibility index (Phi) is 1.55. The second-order valence-corrected chi connectivity index (χ2v) is 0.736. The summed E-state index contributed by atoms with van der Waals surface area (Å²) in [7, 11) is 0. The molecule has 0 aromatic rings. The summed E-state index contributed by atoms with van der Waals surface area (Å²) in [5.74, 6) is 0. The predicted molar refractivity (Wildman–Crippen MR) is 18.9 cm³/mol. The number of nitriles is 1. The van der Waals surface area contributed by atoms with Gasteiger partial charge in [-0.15, -0.1) is 0 Å². The quantitative estimate of drug-likeness (QED) is 0.423. The zero-order chi connectivity index (χ0) is 4.28. The molecule has 0 amide bonds. The minimum atomic E-state index is -0.560. The molecule has 0 aliphatic heterocycles. The van der Waals surface area contributed by atoms with Crippen LogP contribution in [0.4, 0.5) is 0 Å². The zero-order valence-corrected chi connectivity index (χ0v) is 2.81. The molecule has 2 N–H and O–H groups in total. The van der Waals surface area contributed by atoms with Crippen molar-refractivity contribution in [3.05, 3.63) is 6.92 Å². The third-order valence-electron chi connectivity index (χ3n) is 0.166. The summed E-state index contributed by atoms with van der Waals surface area (Å²) in [4.78, 5) is 0. The van der Waals surface area contributed by atoms with Gasteiger partial charge >= 0.3 is 0 Å². The fourth-order valence-corrected chi connectivity index (χ4v) is 0. The van der Waals surface area contributed by atoms with E-state index in [0.29, 0.717) is 0 Å². The van der Waals surface area contributed by atoms with Crippen LogP contribution in [0.1, 0.15) is 0 Å². The van der Waals surface area contributed by atoms with E-state index in [1.165, 1.54) is 0 Å². The zero-order valence-electron chi connectivity index (χ0n) is 2.81. The maximum atomic E-state index is 7.71. The van der Waals surface area contributed by atoms with Gasteiger partial charge in [-0.2, -0.15) is 5.26 Å². The van der Waals surface area contributed by atoms with Crippen LogP contribution in [0.5, 0.6) is 0 Å². The summed E-state index contributed by atoms with van der Waals surface area (Å²) in [6.07, 6.45) is 0. The molecule has 0 heterocycles. The summed E-state index contributed by atoms with van der Waals surface area (Å²) < 4.78 is 0. The third kappa shape index (κ3) is 3.45. The van der Waals surface area contributed by atoms with Gasteiger partial charge < -0.3 is 5.73 Å². The molecule has 1 unspecified atom stereocenters. The molecule has 0 aliphatic carbocycles. The van der Waals surface area contributed by atoms with Gasteiger partial charge in [-0.1, -0.05) is 0 Å². The molecular formula is C3H5N2. The normalized spacial score (nSPS) is 13.0. The Morgan fingerprint density at radius 2 is 2.20 bits per heavy atom.